The molecule has 3 rings (SSSR count). The summed E-state index contributed by atoms with van der Waals surface area (Å²) in [7, 11) is -3.97. The number of likely N-dealkylation sites (tertiary alicyclic amines) is 1. The molecule has 1 atom stereocenters. The van der Waals surface area contributed by atoms with E-state index in [-0.39, 0.29) is 30.4 Å². The zero-order valence-electron chi connectivity index (χ0n) is 17.6. The van der Waals surface area contributed by atoms with Crippen LogP contribution in [0.5, 0.6) is 0 Å². The van der Waals surface area contributed by atoms with E-state index in [0.717, 1.165) is 35.0 Å². The van der Waals surface area contributed by atoms with Gasteiger partial charge in [0.25, 0.3) is 0 Å². The summed E-state index contributed by atoms with van der Waals surface area (Å²) in [6.07, 6.45) is 1.39. The number of sulfonamides is 1. The molecule has 32 heavy (non-hydrogen) atoms. The van der Waals surface area contributed by atoms with E-state index in [1.54, 1.807) is 4.90 Å². The Morgan fingerprint density at radius 3 is 2.50 bits per heavy atom. The highest BCUT2D eigenvalue weighted by molar-refractivity contribution is 7.89. The number of nitrogens with zero attached hydrogens (tertiary/aromatic N) is 2. The van der Waals surface area contributed by atoms with Gasteiger partial charge in [0.05, 0.1) is 18.0 Å². The molecule has 2 fully saturated rings. The van der Waals surface area contributed by atoms with Crippen molar-refractivity contribution >= 4 is 27.7 Å². The maximum absolute atomic E-state index is 13.2. The summed E-state index contributed by atoms with van der Waals surface area (Å²) in [6, 6.07) is 4.44. The van der Waals surface area contributed by atoms with Gasteiger partial charge in [0.2, 0.25) is 15.9 Å². The van der Waals surface area contributed by atoms with Gasteiger partial charge in [-0.2, -0.15) is 4.31 Å². The van der Waals surface area contributed by atoms with E-state index in [2.05, 4.69) is 10.6 Å². The van der Waals surface area contributed by atoms with Crippen molar-refractivity contribution in [2.45, 2.75) is 36.8 Å². The molecule has 0 aliphatic carbocycles. The molecule has 12 heteroatoms. The fourth-order valence-corrected chi connectivity index (χ4v) is 5.16. The summed E-state index contributed by atoms with van der Waals surface area (Å²) in [4.78, 5) is 37.3. The average molecular weight is 471 g/mol. The molecule has 2 N–H and O–H groups in total. The minimum atomic E-state index is -3.97. The number of nitrogens with one attached hydrogen (secondary N) is 2. The lowest BCUT2D eigenvalue weighted by Crippen LogP contribution is -2.53. The van der Waals surface area contributed by atoms with Crippen molar-refractivity contribution in [2.24, 2.45) is 0 Å². The second-order valence-electron chi connectivity index (χ2n) is 7.55. The normalized spacial score (nSPS) is 19.7. The largest absolute Gasteiger partial charge is 0.360 e. The molecule has 1 aromatic rings. The van der Waals surface area contributed by atoms with Gasteiger partial charge in [0.1, 0.15) is 12.0 Å². The van der Waals surface area contributed by atoms with E-state index in [1.165, 1.54) is 0 Å². The lowest BCUT2D eigenvalue weighted by molar-refractivity contribution is -0.140. The maximum atomic E-state index is 13.2. The third-order valence-corrected chi connectivity index (χ3v) is 7.18. The van der Waals surface area contributed by atoms with Crippen LogP contribution in [-0.4, -0.2) is 80.9 Å². The van der Waals surface area contributed by atoms with Crippen LogP contribution in [0.1, 0.15) is 25.7 Å². The zero-order chi connectivity index (χ0) is 23.1. The summed E-state index contributed by atoms with van der Waals surface area (Å²) in [6.45, 7) is 1.73. The van der Waals surface area contributed by atoms with Crippen LogP contribution in [0.2, 0.25) is 0 Å². The molecule has 0 radical (unpaired) electrons. The quantitative estimate of drug-likeness (QED) is 0.401. The minimum absolute atomic E-state index is 0.0880. The minimum Gasteiger partial charge on any atom is -0.360 e. The number of hydrogen-bond acceptors (Lipinski definition) is 6. The lowest BCUT2D eigenvalue weighted by Gasteiger charge is -2.34. The molecular formula is C20H27FN4O6S. The predicted octanol–water partition coefficient (Wildman–Crippen LogP) is -0.192. The van der Waals surface area contributed by atoms with Gasteiger partial charge in [-0.25, -0.2) is 12.8 Å². The average Bonchev–Trinajstić information content (AvgIpc) is 3.20. The number of halogens is 1. The molecule has 0 saturated carbocycles. The third-order valence-electron chi connectivity index (χ3n) is 5.28. The predicted molar refractivity (Wildman–Crippen MR) is 111 cm³/mol. The van der Waals surface area contributed by atoms with Crippen LogP contribution in [0.3, 0.4) is 0 Å². The first-order valence-corrected chi connectivity index (χ1v) is 12.0. The first-order chi connectivity index (χ1) is 15.3. The van der Waals surface area contributed by atoms with Crippen LogP contribution in [0.4, 0.5) is 4.39 Å². The number of carbonyl (C=O) groups excluding carboxylic acids is 3. The van der Waals surface area contributed by atoms with E-state index in [4.69, 9.17) is 4.74 Å². The second kappa shape index (κ2) is 10.8. The van der Waals surface area contributed by atoms with Crippen molar-refractivity contribution in [1.29, 1.82) is 0 Å². The van der Waals surface area contributed by atoms with Crippen molar-refractivity contribution in [3.05, 3.63) is 30.1 Å². The molecule has 2 saturated heterocycles. The summed E-state index contributed by atoms with van der Waals surface area (Å²) >= 11 is 0. The maximum Gasteiger partial charge on any atom is 0.309 e. The van der Waals surface area contributed by atoms with Crippen LogP contribution in [-0.2, 0) is 29.1 Å². The number of hydrogen-bond donors (Lipinski definition) is 2. The van der Waals surface area contributed by atoms with Crippen molar-refractivity contribution in [3.8, 4) is 0 Å². The Morgan fingerprint density at radius 2 is 1.81 bits per heavy atom. The van der Waals surface area contributed by atoms with Crippen molar-refractivity contribution in [2.75, 3.05) is 39.3 Å². The van der Waals surface area contributed by atoms with Crippen LogP contribution >= 0.6 is 0 Å². The van der Waals surface area contributed by atoms with Gasteiger partial charge in [0, 0.05) is 32.6 Å². The SMILES string of the molecule is O=C(NCCCN1CCCC1=O)C(=O)NC[C@H]1OCCCN1S(=O)(=O)c1ccc(F)cc1. The first-order valence-electron chi connectivity index (χ1n) is 10.5. The van der Waals surface area contributed by atoms with Crippen LogP contribution in [0, 0.1) is 5.82 Å². The fraction of sp³-hybridized carbons (Fsp3) is 0.550. The Balaban J connectivity index is 1.48. The monoisotopic (exact) mass is 470 g/mol. The Kier molecular flexibility index (Phi) is 8.15. The number of amides is 3. The van der Waals surface area contributed by atoms with E-state index < -0.39 is 33.9 Å². The van der Waals surface area contributed by atoms with Crippen molar-refractivity contribution < 1.29 is 31.9 Å². The zero-order valence-corrected chi connectivity index (χ0v) is 18.4. The van der Waals surface area contributed by atoms with Gasteiger partial charge >= 0.3 is 11.8 Å². The third kappa shape index (κ3) is 6.02. The number of rotatable bonds is 8. The molecule has 0 spiro atoms. The molecule has 0 aromatic heterocycles. The van der Waals surface area contributed by atoms with Gasteiger partial charge in [-0.05, 0) is 43.5 Å². The molecule has 0 unspecified atom stereocenters. The van der Waals surface area contributed by atoms with Crippen LogP contribution < -0.4 is 10.6 Å². The highest BCUT2D eigenvalue weighted by atomic mass is 32.2. The molecule has 2 heterocycles. The van der Waals surface area contributed by atoms with Crippen LogP contribution in [0.15, 0.2) is 29.2 Å². The van der Waals surface area contributed by atoms with Gasteiger partial charge in [-0.3, -0.25) is 14.4 Å². The molecule has 1 aromatic carbocycles. The smallest absolute Gasteiger partial charge is 0.309 e. The Hall–Kier alpha value is -2.57. The van der Waals surface area contributed by atoms with Crippen molar-refractivity contribution in [3.63, 3.8) is 0 Å². The molecular weight excluding hydrogens is 443 g/mol. The number of carbonyl (C=O) groups is 3. The van der Waals surface area contributed by atoms with Crippen LogP contribution in [0.25, 0.3) is 0 Å². The molecule has 3 amide bonds. The Morgan fingerprint density at radius 1 is 1.09 bits per heavy atom. The summed E-state index contributed by atoms with van der Waals surface area (Å²) < 4.78 is 45.5. The van der Waals surface area contributed by atoms with Crippen molar-refractivity contribution in [1.82, 2.24) is 19.8 Å². The van der Waals surface area contributed by atoms with E-state index in [1.807, 2.05) is 0 Å². The standard InChI is InChI=1S/C20H27FN4O6S/c21-15-5-7-16(8-6-15)32(29,30)25-12-3-13-31-18(25)14-23-20(28)19(27)22-9-2-11-24-10-1-4-17(24)26/h5-8,18H,1-4,9-14H2,(H,22,27)(H,23,28)/t18-/m1/s1. The molecule has 176 valence electrons. The lowest BCUT2D eigenvalue weighted by atomic mass is 10.3. The first kappa shape index (κ1) is 24.1. The Bertz CT molecular complexity index is 940. The second-order valence-corrected chi connectivity index (χ2v) is 9.44. The topological polar surface area (TPSA) is 125 Å². The molecule has 2 aliphatic heterocycles. The highest BCUT2D eigenvalue weighted by Crippen LogP contribution is 2.22. The molecule has 0 bridgehead atoms. The molecule has 2 aliphatic rings. The van der Waals surface area contributed by atoms with Gasteiger partial charge in [0.15, 0.2) is 0 Å². The van der Waals surface area contributed by atoms with E-state index in [9.17, 15) is 27.2 Å². The summed E-state index contributed by atoms with van der Waals surface area (Å²) in [5.74, 6) is -2.21. The van der Waals surface area contributed by atoms with E-state index >= 15 is 0 Å². The van der Waals surface area contributed by atoms with Gasteiger partial charge in [-0.1, -0.05) is 0 Å². The Labute approximate surface area is 186 Å². The fourth-order valence-electron chi connectivity index (χ4n) is 3.60. The summed E-state index contributed by atoms with van der Waals surface area (Å²) in [5, 5.41) is 4.88. The highest BCUT2D eigenvalue weighted by Gasteiger charge is 2.35. The number of ether oxygens (including phenoxy) is 1. The van der Waals surface area contributed by atoms with Gasteiger partial charge < -0.3 is 20.3 Å². The van der Waals surface area contributed by atoms with Gasteiger partial charge in [-0.15, -0.1) is 0 Å². The molecule has 10 nitrogen and oxygen atoms in total. The number of benzene rings is 1. The van der Waals surface area contributed by atoms with E-state index in [0.29, 0.717) is 39.0 Å². The summed E-state index contributed by atoms with van der Waals surface area (Å²) in [5.41, 5.74) is 0.